The Balaban J connectivity index is 2.12. The Hall–Kier alpha value is -0.390. The number of anilines is 1. The lowest BCUT2D eigenvalue weighted by atomic mass is 9.82. The molecule has 0 spiro atoms. The predicted octanol–water partition coefficient (Wildman–Crippen LogP) is 3.81. The maximum atomic E-state index is 4.68. The normalized spacial score (nSPS) is 24.6. The maximum Gasteiger partial charge on any atom is 0.143 e. The monoisotopic (exact) mass is 345 g/mol. The van der Waals surface area contributed by atoms with E-state index in [-0.39, 0.29) is 0 Å². The molecule has 1 aliphatic carbocycles. The van der Waals surface area contributed by atoms with E-state index in [0.717, 1.165) is 27.7 Å². The minimum Gasteiger partial charge on any atom is -0.369 e. The highest BCUT2D eigenvalue weighted by Crippen LogP contribution is 2.34. The van der Waals surface area contributed by atoms with Crippen molar-refractivity contribution < 1.29 is 0 Å². The Bertz CT molecular complexity index is 373. The number of hydrogen-bond donors (Lipinski definition) is 1. The van der Waals surface area contributed by atoms with Crippen LogP contribution in [0.5, 0.6) is 0 Å². The van der Waals surface area contributed by atoms with Crippen LogP contribution in [0.2, 0.25) is 0 Å². The molecule has 0 unspecified atom stereocenters. The van der Waals surface area contributed by atoms with E-state index in [1.165, 1.54) is 25.7 Å². The fourth-order valence-corrected chi connectivity index (χ4v) is 2.84. The molecule has 3 nitrogen and oxygen atoms in total. The zero-order valence-electron chi connectivity index (χ0n) is 10.5. The van der Waals surface area contributed by atoms with E-state index in [9.17, 15) is 0 Å². The summed E-state index contributed by atoms with van der Waals surface area (Å²) in [5.41, 5.74) is 0. The first-order chi connectivity index (χ1) is 8.20. The Morgan fingerprint density at radius 2 is 2.06 bits per heavy atom. The molecule has 0 aliphatic heterocycles. The molecule has 4 heteroatoms. The molecule has 0 atom stereocenters. The fourth-order valence-electron chi connectivity index (χ4n) is 2.39. The van der Waals surface area contributed by atoms with Crippen LogP contribution < -0.4 is 5.32 Å². The first-order valence-corrected chi connectivity index (χ1v) is 7.55. The summed E-state index contributed by atoms with van der Waals surface area (Å²) in [6.07, 6.45) is 7.06. The van der Waals surface area contributed by atoms with Crippen LogP contribution in [0.25, 0.3) is 0 Å². The minimum atomic E-state index is 0.570. The third-order valence-corrected chi connectivity index (χ3v) is 4.28. The van der Waals surface area contributed by atoms with Crippen molar-refractivity contribution in [1.82, 2.24) is 9.97 Å². The topological polar surface area (TPSA) is 37.8 Å². The van der Waals surface area contributed by atoms with Crippen LogP contribution in [0.4, 0.5) is 5.82 Å². The van der Waals surface area contributed by atoms with E-state index in [4.69, 9.17) is 0 Å². The highest BCUT2D eigenvalue weighted by atomic mass is 127. The zero-order chi connectivity index (χ0) is 12.3. The third kappa shape index (κ3) is 3.30. The molecule has 0 radical (unpaired) electrons. The van der Waals surface area contributed by atoms with Gasteiger partial charge in [-0.2, -0.15) is 0 Å². The summed E-state index contributed by atoms with van der Waals surface area (Å²) in [6.45, 7) is 5.35. The second kappa shape index (κ2) is 5.98. The standard InChI is InChI=1S/C13H20IN3/c1-3-15-13-11(14)8-16-12(17-13)10-6-4-9(2)5-7-10/h8-10H,3-7H2,1-2H3,(H,15,16,17). The van der Waals surface area contributed by atoms with Crippen molar-refractivity contribution >= 4 is 28.4 Å². The summed E-state index contributed by atoms with van der Waals surface area (Å²) in [5.74, 6) is 3.48. The molecule has 1 saturated carbocycles. The molecule has 0 aromatic carbocycles. The van der Waals surface area contributed by atoms with Gasteiger partial charge in [0.05, 0.1) is 3.57 Å². The van der Waals surface area contributed by atoms with Gasteiger partial charge in [-0.3, -0.25) is 0 Å². The van der Waals surface area contributed by atoms with Crippen molar-refractivity contribution in [2.24, 2.45) is 5.92 Å². The van der Waals surface area contributed by atoms with Gasteiger partial charge in [0, 0.05) is 18.7 Å². The van der Waals surface area contributed by atoms with E-state index in [1.807, 2.05) is 6.20 Å². The van der Waals surface area contributed by atoms with Gasteiger partial charge in [0.15, 0.2) is 0 Å². The average molecular weight is 345 g/mol. The number of hydrogen-bond acceptors (Lipinski definition) is 3. The molecular weight excluding hydrogens is 325 g/mol. The SMILES string of the molecule is CCNc1nc(C2CCC(C)CC2)ncc1I. The van der Waals surface area contributed by atoms with Crippen molar-refractivity contribution in [1.29, 1.82) is 0 Å². The molecular formula is C13H20IN3. The van der Waals surface area contributed by atoms with Gasteiger partial charge < -0.3 is 5.32 Å². The van der Waals surface area contributed by atoms with Gasteiger partial charge in [0.1, 0.15) is 11.6 Å². The Labute approximate surface area is 117 Å². The van der Waals surface area contributed by atoms with Crippen LogP contribution >= 0.6 is 22.6 Å². The van der Waals surface area contributed by atoms with Crippen molar-refractivity contribution in [3.63, 3.8) is 0 Å². The predicted molar refractivity (Wildman–Crippen MR) is 79.3 cm³/mol. The summed E-state index contributed by atoms with van der Waals surface area (Å²) in [4.78, 5) is 9.19. The largest absolute Gasteiger partial charge is 0.369 e. The van der Waals surface area contributed by atoms with E-state index < -0.39 is 0 Å². The first kappa shape index (κ1) is 13.1. The molecule has 0 bridgehead atoms. The van der Waals surface area contributed by atoms with Crippen molar-refractivity contribution in [2.75, 3.05) is 11.9 Å². The van der Waals surface area contributed by atoms with Crippen LogP contribution in [0.15, 0.2) is 6.20 Å². The summed E-state index contributed by atoms with van der Waals surface area (Å²) in [5, 5.41) is 3.31. The van der Waals surface area contributed by atoms with Gasteiger partial charge in [-0.1, -0.05) is 19.8 Å². The van der Waals surface area contributed by atoms with E-state index in [1.54, 1.807) is 0 Å². The zero-order valence-corrected chi connectivity index (χ0v) is 12.7. The van der Waals surface area contributed by atoms with Crippen molar-refractivity contribution in [3.05, 3.63) is 15.6 Å². The third-order valence-electron chi connectivity index (χ3n) is 3.49. The highest BCUT2D eigenvalue weighted by Gasteiger charge is 2.22. The smallest absolute Gasteiger partial charge is 0.143 e. The van der Waals surface area contributed by atoms with E-state index in [0.29, 0.717) is 5.92 Å². The van der Waals surface area contributed by atoms with Crippen molar-refractivity contribution in [3.8, 4) is 0 Å². The lowest BCUT2D eigenvalue weighted by Crippen LogP contribution is -2.15. The van der Waals surface area contributed by atoms with Gasteiger partial charge >= 0.3 is 0 Å². The summed E-state index contributed by atoms with van der Waals surface area (Å²) >= 11 is 2.29. The maximum absolute atomic E-state index is 4.68. The molecule has 0 amide bonds. The van der Waals surface area contributed by atoms with E-state index in [2.05, 4.69) is 51.7 Å². The molecule has 17 heavy (non-hydrogen) atoms. The van der Waals surface area contributed by atoms with Crippen LogP contribution in [0, 0.1) is 9.49 Å². The molecule has 1 heterocycles. The summed E-state index contributed by atoms with van der Waals surface area (Å²) in [6, 6.07) is 0. The number of rotatable bonds is 3. The van der Waals surface area contributed by atoms with Gasteiger partial charge in [-0.15, -0.1) is 0 Å². The van der Waals surface area contributed by atoms with Gasteiger partial charge in [0.2, 0.25) is 0 Å². The quantitative estimate of drug-likeness (QED) is 0.847. The summed E-state index contributed by atoms with van der Waals surface area (Å²) in [7, 11) is 0. The average Bonchev–Trinajstić information content (AvgIpc) is 2.33. The fraction of sp³-hybridized carbons (Fsp3) is 0.692. The molecule has 1 fully saturated rings. The molecule has 1 aromatic rings. The lowest BCUT2D eigenvalue weighted by molar-refractivity contribution is 0.339. The Kier molecular flexibility index (Phi) is 4.59. The number of nitrogens with one attached hydrogen (secondary N) is 1. The van der Waals surface area contributed by atoms with Crippen LogP contribution in [-0.4, -0.2) is 16.5 Å². The number of halogens is 1. The molecule has 1 N–H and O–H groups in total. The highest BCUT2D eigenvalue weighted by molar-refractivity contribution is 14.1. The number of nitrogens with zero attached hydrogens (tertiary/aromatic N) is 2. The molecule has 94 valence electrons. The molecule has 1 aliphatic rings. The van der Waals surface area contributed by atoms with Crippen LogP contribution in [-0.2, 0) is 0 Å². The molecule has 2 rings (SSSR count). The molecule has 0 saturated heterocycles. The van der Waals surface area contributed by atoms with Crippen LogP contribution in [0.3, 0.4) is 0 Å². The number of aromatic nitrogens is 2. The summed E-state index contributed by atoms with van der Waals surface area (Å²) < 4.78 is 1.11. The van der Waals surface area contributed by atoms with Gasteiger partial charge in [-0.25, -0.2) is 9.97 Å². The van der Waals surface area contributed by atoms with Gasteiger partial charge in [-0.05, 0) is 48.3 Å². The second-order valence-corrected chi connectivity index (χ2v) is 6.07. The lowest BCUT2D eigenvalue weighted by Gasteiger charge is -2.25. The Morgan fingerprint density at radius 3 is 2.71 bits per heavy atom. The molecule has 1 aromatic heterocycles. The van der Waals surface area contributed by atoms with E-state index >= 15 is 0 Å². The first-order valence-electron chi connectivity index (χ1n) is 6.47. The van der Waals surface area contributed by atoms with Gasteiger partial charge in [0.25, 0.3) is 0 Å². The van der Waals surface area contributed by atoms with Crippen LogP contribution in [0.1, 0.15) is 51.3 Å². The Morgan fingerprint density at radius 1 is 1.35 bits per heavy atom. The second-order valence-electron chi connectivity index (χ2n) is 4.91. The van der Waals surface area contributed by atoms with Crippen molar-refractivity contribution in [2.45, 2.75) is 45.4 Å². The minimum absolute atomic E-state index is 0.570.